The topological polar surface area (TPSA) is 63.4 Å². The molecule has 1 atom stereocenters. The second-order valence-electron chi connectivity index (χ2n) is 4.29. The minimum absolute atomic E-state index is 0.128. The van der Waals surface area contributed by atoms with Gasteiger partial charge in [0.15, 0.2) is 0 Å². The SMILES string of the molecule is CCC[C@H](CCO)Cc1ccc([N+](=O)[O-])cc1. The maximum absolute atomic E-state index is 10.5. The number of aliphatic hydroxyl groups excluding tert-OH is 1. The quantitative estimate of drug-likeness (QED) is 0.585. The third-order valence-corrected chi connectivity index (χ3v) is 2.91. The minimum atomic E-state index is -0.388. The van der Waals surface area contributed by atoms with Crippen LogP contribution in [-0.4, -0.2) is 16.6 Å². The predicted octanol–water partition coefficient (Wildman–Crippen LogP) is 2.94. The Hall–Kier alpha value is -1.42. The van der Waals surface area contributed by atoms with Gasteiger partial charge in [0.2, 0.25) is 0 Å². The first-order valence-corrected chi connectivity index (χ1v) is 6.01. The first-order chi connectivity index (χ1) is 8.17. The molecule has 1 rings (SSSR count). The van der Waals surface area contributed by atoms with Gasteiger partial charge in [0.05, 0.1) is 4.92 Å². The zero-order chi connectivity index (χ0) is 12.7. The average molecular weight is 237 g/mol. The highest BCUT2D eigenvalue weighted by Crippen LogP contribution is 2.19. The van der Waals surface area contributed by atoms with Crippen molar-refractivity contribution in [2.45, 2.75) is 32.6 Å². The molecular formula is C13H19NO3. The fourth-order valence-electron chi connectivity index (χ4n) is 2.03. The molecule has 0 spiro atoms. The van der Waals surface area contributed by atoms with E-state index in [0.717, 1.165) is 31.2 Å². The van der Waals surface area contributed by atoms with Gasteiger partial charge in [-0.3, -0.25) is 10.1 Å². The summed E-state index contributed by atoms with van der Waals surface area (Å²) in [6, 6.07) is 6.69. The van der Waals surface area contributed by atoms with Crippen LogP contribution in [0.4, 0.5) is 5.69 Å². The Kier molecular flexibility index (Phi) is 5.63. The van der Waals surface area contributed by atoms with E-state index in [1.807, 2.05) is 0 Å². The van der Waals surface area contributed by atoms with Crippen LogP contribution < -0.4 is 0 Å². The second kappa shape index (κ2) is 7.01. The number of rotatable bonds is 7. The predicted molar refractivity (Wildman–Crippen MR) is 66.9 cm³/mol. The number of nitro benzene ring substituents is 1. The summed E-state index contributed by atoms with van der Waals surface area (Å²) in [7, 11) is 0. The van der Waals surface area contributed by atoms with E-state index in [9.17, 15) is 10.1 Å². The molecule has 1 N–H and O–H groups in total. The average Bonchev–Trinajstić information content (AvgIpc) is 2.30. The maximum Gasteiger partial charge on any atom is 0.269 e. The normalized spacial score (nSPS) is 12.4. The van der Waals surface area contributed by atoms with Gasteiger partial charge in [0.25, 0.3) is 5.69 Å². The molecule has 4 heteroatoms. The summed E-state index contributed by atoms with van der Waals surface area (Å²) < 4.78 is 0. The molecule has 0 radical (unpaired) electrons. The van der Waals surface area contributed by atoms with Crippen molar-refractivity contribution in [2.75, 3.05) is 6.61 Å². The second-order valence-corrected chi connectivity index (χ2v) is 4.29. The van der Waals surface area contributed by atoms with E-state index in [1.165, 1.54) is 12.1 Å². The van der Waals surface area contributed by atoms with Gasteiger partial charge in [-0.05, 0) is 24.3 Å². The summed E-state index contributed by atoms with van der Waals surface area (Å²) in [6.45, 7) is 2.33. The van der Waals surface area contributed by atoms with Crippen LogP contribution in [0, 0.1) is 16.0 Å². The number of hydrogen-bond acceptors (Lipinski definition) is 3. The van der Waals surface area contributed by atoms with Crippen LogP contribution in [0.1, 0.15) is 31.7 Å². The van der Waals surface area contributed by atoms with E-state index in [1.54, 1.807) is 12.1 Å². The van der Waals surface area contributed by atoms with E-state index < -0.39 is 0 Å². The lowest BCUT2D eigenvalue weighted by atomic mass is 9.92. The smallest absolute Gasteiger partial charge is 0.269 e. The van der Waals surface area contributed by atoms with Crippen molar-refractivity contribution in [3.8, 4) is 0 Å². The van der Waals surface area contributed by atoms with E-state index in [-0.39, 0.29) is 17.2 Å². The van der Waals surface area contributed by atoms with Crippen LogP contribution >= 0.6 is 0 Å². The third-order valence-electron chi connectivity index (χ3n) is 2.91. The molecule has 0 aliphatic rings. The van der Waals surface area contributed by atoms with E-state index >= 15 is 0 Å². The van der Waals surface area contributed by atoms with Gasteiger partial charge in [-0.2, -0.15) is 0 Å². The molecule has 0 fully saturated rings. The molecule has 0 aromatic heterocycles. The lowest BCUT2D eigenvalue weighted by Gasteiger charge is -2.14. The minimum Gasteiger partial charge on any atom is -0.396 e. The summed E-state index contributed by atoms with van der Waals surface area (Å²) in [5, 5.41) is 19.5. The zero-order valence-corrected chi connectivity index (χ0v) is 10.1. The molecule has 0 aliphatic carbocycles. The van der Waals surface area contributed by atoms with E-state index in [4.69, 9.17) is 5.11 Å². The van der Waals surface area contributed by atoms with Gasteiger partial charge in [-0.15, -0.1) is 0 Å². The molecule has 1 aromatic rings. The van der Waals surface area contributed by atoms with Crippen molar-refractivity contribution in [1.29, 1.82) is 0 Å². The van der Waals surface area contributed by atoms with Crippen LogP contribution in [0.5, 0.6) is 0 Å². The Bertz CT molecular complexity index is 342. The maximum atomic E-state index is 10.5. The first kappa shape index (κ1) is 13.6. The van der Waals surface area contributed by atoms with Crippen molar-refractivity contribution in [3.63, 3.8) is 0 Å². The van der Waals surface area contributed by atoms with E-state index in [0.29, 0.717) is 5.92 Å². The molecule has 4 nitrogen and oxygen atoms in total. The number of benzene rings is 1. The van der Waals surface area contributed by atoms with Gasteiger partial charge >= 0.3 is 0 Å². The van der Waals surface area contributed by atoms with Gasteiger partial charge in [-0.1, -0.05) is 31.9 Å². The van der Waals surface area contributed by atoms with Crippen molar-refractivity contribution >= 4 is 5.69 Å². The molecule has 17 heavy (non-hydrogen) atoms. The molecule has 0 heterocycles. The molecule has 0 saturated carbocycles. The number of aliphatic hydroxyl groups is 1. The van der Waals surface area contributed by atoms with Gasteiger partial charge < -0.3 is 5.11 Å². The van der Waals surface area contributed by atoms with Crippen molar-refractivity contribution in [2.24, 2.45) is 5.92 Å². The Morgan fingerprint density at radius 1 is 1.29 bits per heavy atom. The molecule has 0 saturated heterocycles. The Balaban J connectivity index is 2.62. The lowest BCUT2D eigenvalue weighted by Crippen LogP contribution is -2.06. The Labute approximate surface area is 101 Å². The molecule has 94 valence electrons. The van der Waals surface area contributed by atoms with Gasteiger partial charge in [0.1, 0.15) is 0 Å². The molecule has 0 unspecified atom stereocenters. The summed E-state index contributed by atoms with van der Waals surface area (Å²) in [5.74, 6) is 0.464. The summed E-state index contributed by atoms with van der Waals surface area (Å²) in [5.41, 5.74) is 1.23. The largest absolute Gasteiger partial charge is 0.396 e. The highest BCUT2D eigenvalue weighted by atomic mass is 16.6. The number of nitro groups is 1. The molecule has 0 aliphatic heterocycles. The van der Waals surface area contributed by atoms with Crippen LogP contribution in [0.3, 0.4) is 0 Å². The Morgan fingerprint density at radius 3 is 2.41 bits per heavy atom. The van der Waals surface area contributed by atoms with Crippen molar-refractivity contribution in [3.05, 3.63) is 39.9 Å². The molecule has 1 aromatic carbocycles. The fourth-order valence-corrected chi connectivity index (χ4v) is 2.03. The summed E-state index contributed by atoms with van der Waals surface area (Å²) >= 11 is 0. The molecule has 0 bridgehead atoms. The van der Waals surface area contributed by atoms with E-state index in [2.05, 4.69) is 6.92 Å². The fraction of sp³-hybridized carbons (Fsp3) is 0.538. The third kappa shape index (κ3) is 4.53. The number of hydrogen-bond donors (Lipinski definition) is 1. The van der Waals surface area contributed by atoms with Crippen molar-refractivity contribution < 1.29 is 10.0 Å². The molecular weight excluding hydrogens is 218 g/mol. The van der Waals surface area contributed by atoms with Gasteiger partial charge in [0, 0.05) is 18.7 Å². The highest BCUT2D eigenvalue weighted by molar-refractivity contribution is 5.33. The Morgan fingerprint density at radius 2 is 1.94 bits per heavy atom. The van der Waals surface area contributed by atoms with Gasteiger partial charge in [-0.25, -0.2) is 0 Å². The monoisotopic (exact) mass is 237 g/mol. The van der Waals surface area contributed by atoms with Crippen LogP contribution in [0.25, 0.3) is 0 Å². The molecule has 0 amide bonds. The number of non-ortho nitro benzene ring substituents is 1. The van der Waals surface area contributed by atoms with Crippen LogP contribution in [0.2, 0.25) is 0 Å². The summed E-state index contributed by atoms with van der Waals surface area (Å²) in [4.78, 5) is 10.1. The zero-order valence-electron chi connectivity index (χ0n) is 10.1. The first-order valence-electron chi connectivity index (χ1n) is 6.01. The highest BCUT2D eigenvalue weighted by Gasteiger charge is 2.10. The van der Waals surface area contributed by atoms with Crippen LogP contribution in [0.15, 0.2) is 24.3 Å². The number of nitrogens with zero attached hydrogens (tertiary/aromatic N) is 1. The van der Waals surface area contributed by atoms with Crippen molar-refractivity contribution in [1.82, 2.24) is 0 Å². The standard InChI is InChI=1S/C13H19NO3/c1-2-3-11(8-9-15)10-12-4-6-13(7-5-12)14(16)17/h4-7,11,15H,2-3,8-10H2,1H3/t11-/m1/s1. The lowest BCUT2D eigenvalue weighted by molar-refractivity contribution is -0.384. The summed E-state index contributed by atoms with van der Waals surface area (Å²) in [6.07, 6.45) is 3.85. The van der Waals surface area contributed by atoms with Crippen LogP contribution in [-0.2, 0) is 6.42 Å².